The first-order chi connectivity index (χ1) is 6.50. The van der Waals surface area contributed by atoms with E-state index in [1.807, 2.05) is 13.8 Å². The number of hydrogen-bond acceptors (Lipinski definition) is 1. The van der Waals surface area contributed by atoms with Crippen LogP contribution in [-0.4, -0.2) is 5.78 Å². The first-order valence-electron chi connectivity index (χ1n) is 4.61. The number of benzene rings is 1. The van der Waals surface area contributed by atoms with Crippen LogP contribution in [0.1, 0.15) is 29.2 Å². The summed E-state index contributed by atoms with van der Waals surface area (Å²) in [5.74, 6) is 5.39. The second kappa shape index (κ2) is 4.11. The fourth-order valence-corrected chi connectivity index (χ4v) is 1.53. The zero-order valence-electron chi connectivity index (χ0n) is 9.06. The third-order valence-electron chi connectivity index (χ3n) is 2.04. The van der Waals surface area contributed by atoms with Gasteiger partial charge in [-0.25, -0.2) is 0 Å². The summed E-state index contributed by atoms with van der Waals surface area (Å²) in [5.41, 5.74) is 4.48. The number of ketones is 1. The zero-order chi connectivity index (χ0) is 10.7. The van der Waals surface area contributed by atoms with Crippen LogP contribution in [0.3, 0.4) is 0 Å². The van der Waals surface area contributed by atoms with E-state index in [2.05, 4.69) is 30.9 Å². The molecule has 1 aromatic rings. The third kappa shape index (κ3) is 2.47. The van der Waals surface area contributed by atoms with Gasteiger partial charge in [0.15, 0.2) is 0 Å². The Kier molecular flexibility index (Phi) is 3.09. The fourth-order valence-electron chi connectivity index (χ4n) is 1.53. The van der Waals surface area contributed by atoms with Crippen molar-refractivity contribution in [1.29, 1.82) is 0 Å². The van der Waals surface area contributed by atoms with Crippen molar-refractivity contribution >= 4 is 5.78 Å². The molecule has 0 spiro atoms. The van der Waals surface area contributed by atoms with E-state index in [1.165, 1.54) is 12.5 Å². The van der Waals surface area contributed by atoms with Gasteiger partial charge in [0.1, 0.15) is 0 Å². The van der Waals surface area contributed by atoms with Crippen molar-refractivity contribution in [3.05, 3.63) is 34.4 Å². The normalized spacial score (nSPS) is 9.14. The second-order valence-electron chi connectivity index (χ2n) is 3.58. The van der Waals surface area contributed by atoms with Crippen LogP contribution in [0.15, 0.2) is 12.1 Å². The average Bonchev–Trinajstić information content (AvgIpc) is 2.01. The Morgan fingerprint density at radius 1 is 1.14 bits per heavy atom. The van der Waals surface area contributed by atoms with Gasteiger partial charge in [0.25, 0.3) is 0 Å². The van der Waals surface area contributed by atoms with E-state index in [-0.39, 0.29) is 5.78 Å². The first-order valence-corrected chi connectivity index (χ1v) is 4.61. The van der Waals surface area contributed by atoms with E-state index < -0.39 is 0 Å². The molecule has 0 saturated heterocycles. The molecule has 14 heavy (non-hydrogen) atoms. The van der Waals surface area contributed by atoms with Gasteiger partial charge in [0.05, 0.1) is 0 Å². The van der Waals surface area contributed by atoms with Gasteiger partial charge in [0.2, 0.25) is 5.78 Å². The Balaban J connectivity index is 3.24. The summed E-state index contributed by atoms with van der Waals surface area (Å²) in [6, 6.07) is 4.16. The smallest absolute Gasteiger partial charge is 0.202 e. The van der Waals surface area contributed by atoms with E-state index >= 15 is 0 Å². The maximum absolute atomic E-state index is 10.7. The summed E-state index contributed by atoms with van der Waals surface area (Å²) in [6.45, 7) is 7.57. The van der Waals surface area contributed by atoms with Crippen LogP contribution in [0.2, 0.25) is 0 Å². The summed E-state index contributed by atoms with van der Waals surface area (Å²) < 4.78 is 0. The van der Waals surface area contributed by atoms with Gasteiger partial charge in [-0.1, -0.05) is 23.6 Å². The van der Waals surface area contributed by atoms with Crippen molar-refractivity contribution in [2.75, 3.05) is 0 Å². The van der Waals surface area contributed by atoms with Crippen molar-refractivity contribution in [1.82, 2.24) is 0 Å². The molecular formula is C13H14O. The molecule has 0 fully saturated rings. The molecule has 1 heteroatoms. The average molecular weight is 186 g/mol. The molecule has 0 saturated carbocycles. The number of hydrogen-bond donors (Lipinski definition) is 0. The van der Waals surface area contributed by atoms with Crippen LogP contribution in [0.25, 0.3) is 0 Å². The fraction of sp³-hybridized carbons (Fsp3) is 0.308. The maximum Gasteiger partial charge on any atom is 0.202 e. The highest BCUT2D eigenvalue weighted by Crippen LogP contribution is 2.14. The number of carbonyl (C=O) groups is 1. The SMILES string of the molecule is CC(=O)C#Cc1c(C)cc(C)cc1C. The predicted octanol–water partition coefficient (Wildman–Crippen LogP) is 2.55. The summed E-state index contributed by atoms with van der Waals surface area (Å²) in [5, 5.41) is 0. The standard InChI is InChI=1S/C13H14O/c1-9-7-10(2)13(11(3)8-9)6-5-12(4)14/h7-8H,1-4H3. The summed E-state index contributed by atoms with van der Waals surface area (Å²) in [4.78, 5) is 10.7. The lowest BCUT2D eigenvalue weighted by atomic mass is 10.0. The molecule has 0 radical (unpaired) electrons. The van der Waals surface area contributed by atoms with E-state index in [1.54, 1.807) is 0 Å². The molecule has 0 aliphatic heterocycles. The molecule has 0 bridgehead atoms. The van der Waals surface area contributed by atoms with Crippen molar-refractivity contribution in [2.24, 2.45) is 0 Å². The van der Waals surface area contributed by atoms with E-state index in [4.69, 9.17) is 0 Å². The number of aryl methyl sites for hydroxylation is 3. The van der Waals surface area contributed by atoms with Gasteiger partial charge >= 0.3 is 0 Å². The highest BCUT2D eigenvalue weighted by atomic mass is 16.1. The van der Waals surface area contributed by atoms with Crippen LogP contribution < -0.4 is 0 Å². The topological polar surface area (TPSA) is 17.1 Å². The maximum atomic E-state index is 10.7. The molecule has 0 amide bonds. The number of Topliss-reactive ketones (excluding diaryl/α,β-unsaturated/α-hetero) is 1. The lowest BCUT2D eigenvalue weighted by Crippen LogP contribution is -1.90. The number of carbonyl (C=O) groups excluding carboxylic acids is 1. The summed E-state index contributed by atoms with van der Waals surface area (Å²) >= 11 is 0. The molecule has 0 heterocycles. The Bertz CT molecular complexity index is 407. The quantitative estimate of drug-likeness (QED) is 0.569. The summed E-state index contributed by atoms with van der Waals surface area (Å²) in [7, 11) is 0. The minimum Gasteiger partial charge on any atom is -0.285 e. The lowest BCUT2D eigenvalue weighted by molar-refractivity contribution is -0.111. The van der Waals surface area contributed by atoms with Gasteiger partial charge in [-0.15, -0.1) is 0 Å². The van der Waals surface area contributed by atoms with Gasteiger partial charge in [-0.3, -0.25) is 4.79 Å². The molecule has 72 valence electrons. The van der Waals surface area contributed by atoms with Crippen LogP contribution in [0.5, 0.6) is 0 Å². The van der Waals surface area contributed by atoms with Crippen LogP contribution in [0.4, 0.5) is 0 Å². The third-order valence-corrected chi connectivity index (χ3v) is 2.04. The molecule has 0 aromatic heterocycles. The van der Waals surface area contributed by atoms with Crippen molar-refractivity contribution in [2.45, 2.75) is 27.7 Å². The lowest BCUT2D eigenvalue weighted by Gasteiger charge is -2.04. The van der Waals surface area contributed by atoms with Crippen LogP contribution >= 0.6 is 0 Å². The Morgan fingerprint density at radius 2 is 1.64 bits per heavy atom. The minimum absolute atomic E-state index is 0.0932. The molecule has 1 rings (SSSR count). The Labute approximate surface area is 85.1 Å². The Hall–Kier alpha value is -1.55. The highest BCUT2D eigenvalue weighted by Gasteiger charge is 2.00. The molecule has 0 N–H and O–H groups in total. The van der Waals surface area contributed by atoms with Gasteiger partial charge in [-0.05, 0) is 37.8 Å². The second-order valence-corrected chi connectivity index (χ2v) is 3.58. The van der Waals surface area contributed by atoms with Gasteiger partial charge in [-0.2, -0.15) is 0 Å². The van der Waals surface area contributed by atoms with Gasteiger partial charge < -0.3 is 0 Å². The molecule has 1 aromatic carbocycles. The minimum atomic E-state index is -0.0932. The van der Waals surface area contributed by atoms with Crippen LogP contribution in [-0.2, 0) is 4.79 Å². The van der Waals surface area contributed by atoms with E-state index in [9.17, 15) is 4.79 Å². The molecule has 0 unspecified atom stereocenters. The van der Waals surface area contributed by atoms with Gasteiger partial charge in [0, 0.05) is 12.5 Å². The first kappa shape index (κ1) is 10.5. The number of rotatable bonds is 0. The monoisotopic (exact) mass is 186 g/mol. The van der Waals surface area contributed by atoms with E-state index in [0.29, 0.717) is 0 Å². The highest BCUT2D eigenvalue weighted by molar-refractivity contribution is 5.94. The molecule has 0 aliphatic carbocycles. The van der Waals surface area contributed by atoms with Crippen molar-refractivity contribution in [3.8, 4) is 11.8 Å². The van der Waals surface area contributed by atoms with E-state index in [0.717, 1.165) is 16.7 Å². The molecule has 0 aliphatic rings. The molecule has 0 atom stereocenters. The van der Waals surface area contributed by atoms with Crippen molar-refractivity contribution in [3.63, 3.8) is 0 Å². The van der Waals surface area contributed by atoms with Crippen LogP contribution in [0, 0.1) is 32.6 Å². The summed E-state index contributed by atoms with van der Waals surface area (Å²) in [6.07, 6.45) is 0. The Morgan fingerprint density at radius 3 is 2.07 bits per heavy atom. The predicted molar refractivity (Wildman–Crippen MR) is 58.2 cm³/mol. The molecular weight excluding hydrogens is 172 g/mol. The molecule has 1 nitrogen and oxygen atoms in total. The van der Waals surface area contributed by atoms with Crippen molar-refractivity contribution < 1.29 is 4.79 Å². The zero-order valence-corrected chi connectivity index (χ0v) is 9.06. The largest absolute Gasteiger partial charge is 0.285 e.